The first-order chi connectivity index (χ1) is 12.9. The molecule has 1 amide bonds. The summed E-state index contributed by atoms with van der Waals surface area (Å²) >= 11 is 0. The Kier molecular flexibility index (Phi) is 5.29. The van der Waals surface area contributed by atoms with Crippen LogP contribution in [0.2, 0.25) is 0 Å². The summed E-state index contributed by atoms with van der Waals surface area (Å²) in [6.45, 7) is 2.16. The van der Waals surface area contributed by atoms with Gasteiger partial charge in [0.25, 0.3) is 0 Å². The van der Waals surface area contributed by atoms with Gasteiger partial charge in [0.15, 0.2) is 17.3 Å². The van der Waals surface area contributed by atoms with Crippen molar-refractivity contribution in [1.82, 2.24) is 20.1 Å². The number of benzene rings is 1. The number of hydrogen-bond acceptors (Lipinski definition) is 6. The van der Waals surface area contributed by atoms with Crippen LogP contribution in [-0.4, -0.2) is 64.4 Å². The van der Waals surface area contributed by atoms with E-state index in [0.717, 1.165) is 0 Å². The molecule has 0 bridgehead atoms. The minimum Gasteiger partial charge on any atom is -0.493 e. The van der Waals surface area contributed by atoms with Gasteiger partial charge in [0.2, 0.25) is 5.91 Å². The molecule has 1 aliphatic rings. The summed E-state index contributed by atoms with van der Waals surface area (Å²) in [6, 6.07) is 5.35. The maximum absolute atomic E-state index is 12.6. The Morgan fingerprint density at radius 1 is 1.30 bits per heavy atom. The Bertz CT molecular complexity index is 850. The van der Waals surface area contributed by atoms with Crippen molar-refractivity contribution >= 4 is 11.9 Å². The number of aromatic amines is 1. The molecule has 3 rings (SSSR count). The molecule has 0 aliphatic carbocycles. The fourth-order valence-corrected chi connectivity index (χ4v) is 3.49. The number of nitrogens with zero attached hydrogens (tertiary/aromatic N) is 3. The second kappa shape index (κ2) is 7.65. The summed E-state index contributed by atoms with van der Waals surface area (Å²) in [5.41, 5.74) is 0.716. The second-order valence-corrected chi connectivity index (χ2v) is 6.45. The van der Waals surface area contributed by atoms with Gasteiger partial charge in [-0.1, -0.05) is 12.1 Å². The predicted molar refractivity (Wildman–Crippen MR) is 94.8 cm³/mol. The molecule has 1 saturated heterocycles. The van der Waals surface area contributed by atoms with Gasteiger partial charge < -0.3 is 19.5 Å². The number of carboxylic acid groups (broad SMARTS) is 1. The maximum atomic E-state index is 12.6. The summed E-state index contributed by atoms with van der Waals surface area (Å²) in [7, 11) is 3.04. The first-order valence-electron chi connectivity index (χ1n) is 8.54. The fraction of sp³-hybridized carbons (Fsp3) is 0.444. The number of aliphatic carboxylic acids is 1. The van der Waals surface area contributed by atoms with E-state index in [1.54, 1.807) is 24.0 Å². The second-order valence-electron chi connectivity index (χ2n) is 6.45. The number of aromatic nitrogens is 3. The molecule has 27 heavy (non-hydrogen) atoms. The lowest BCUT2D eigenvalue weighted by molar-refractivity contribution is -0.141. The molecule has 2 heterocycles. The summed E-state index contributed by atoms with van der Waals surface area (Å²) in [4.78, 5) is 30.1. The molecule has 2 N–H and O–H groups in total. The van der Waals surface area contributed by atoms with E-state index in [0.29, 0.717) is 28.7 Å². The SMILES string of the molecule is COc1cccc([C@H]2CN(C(=O)Cc3n[nH]c(C)n3)C[C@@H]2C(=O)O)c1OC. The van der Waals surface area contributed by atoms with E-state index in [2.05, 4.69) is 15.2 Å². The quantitative estimate of drug-likeness (QED) is 0.774. The van der Waals surface area contributed by atoms with Gasteiger partial charge in [-0.15, -0.1) is 0 Å². The molecule has 1 aromatic heterocycles. The van der Waals surface area contributed by atoms with Crippen LogP contribution in [-0.2, 0) is 16.0 Å². The molecular weight excluding hydrogens is 352 g/mol. The number of para-hydroxylation sites is 1. The van der Waals surface area contributed by atoms with Crippen LogP contribution < -0.4 is 9.47 Å². The van der Waals surface area contributed by atoms with Gasteiger partial charge in [-0.05, 0) is 13.0 Å². The first kappa shape index (κ1) is 18.7. The highest BCUT2D eigenvalue weighted by Crippen LogP contribution is 2.41. The van der Waals surface area contributed by atoms with Crippen LogP contribution in [0.3, 0.4) is 0 Å². The van der Waals surface area contributed by atoms with Gasteiger partial charge in [0.1, 0.15) is 5.82 Å². The Hall–Kier alpha value is -3.10. The highest BCUT2D eigenvalue weighted by Gasteiger charge is 2.42. The monoisotopic (exact) mass is 374 g/mol. The van der Waals surface area contributed by atoms with Crippen LogP contribution in [0.5, 0.6) is 11.5 Å². The van der Waals surface area contributed by atoms with E-state index < -0.39 is 17.8 Å². The van der Waals surface area contributed by atoms with Gasteiger partial charge in [-0.25, -0.2) is 4.98 Å². The number of hydrogen-bond donors (Lipinski definition) is 2. The molecule has 1 aromatic carbocycles. The lowest BCUT2D eigenvalue weighted by Gasteiger charge is -2.20. The fourth-order valence-electron chi connectivity index (χ4n) is 3.49. The van der Waals surface area contributed by atoms with Crippen LogP contribution >= 0.6 is 0 Å². The smallest absolute Gasteiger partial charge is 0.308 e. The number of aryl methyl sites for hydroxylation is 1. The third-order valence-electron chi connectivity index (χ3n) is 4.78. The molecular formula is C18H22N4O5. The number of ether oxygens (including phenoxy) is 2. The summed E-state index contributed by atoms with van der Waals surface area (Å²) in [6.07, 6.45) is 0.0264. The number of carboxylic acids is 1. The van der Waals surface area contributed by atoms with Crippen molar-refractivity contribution in [3.05, 3.63) is 35.4 Å². The minimum absolute atomic E-state index is 0.0264. The third-order valence-corrected chi connectivity index (χ3v) is 4.78. The highest BCUT2D eigenvalue weighted by atomic mass is 16.5. The minimum atomic E-state index is -0.950. The van der Waals surface area contributed by atoms with Crippen molar-refractivity contribution < 1.29 is 24.2 Å². The number of methoxy groups -OCH3 is 2. The predicted octanol–water partition coefficient (Wildman–Crippen LogP) is 1.000. The molecule has 1 aliphatic heterocycles. The van der Waals surface area contributed by atoms with Gasteiger partial charge in [-0.2, -0.15) is 5.10 Å². The number of likely N-dealkylation sites (tertiary alicyclic amines) is 1. The standard InChI is InChI=1S/C18H22N4O5/c1-10-19-15(21-20-10)7-16(23)22-8-12(13(9-22)18(24)25)11-5-4-6-14(26-2)17(11)27-3/h4-6,12-13H,7-9H2,1-3H3,(H,24,25)(H,19,20,21)/t12-,13+/m1/s1. The first-order valence-corrected chi connectivity index (χ1v) is 8.54. The van der Waals surface area contributed by atoms with Crippen LogP contribution in [0.15, 0.2) is 18.2 Å². The zero-order valence-electron chi connectivity index (χ0n) is 15.4. The van der Waals surface area contributed by atoms with E-state index in [1.807, 2.05) is 6.07 Å². The Balaban J connectivity index is 1.85. The van der Waals surface area contributed by atoms with Crippen molar-refractivity contribution in [2.24, 2.45) is 5.92 Å². The number of H-pyrrole nitrogens is 1. The van der Waals surface area contributed by atoms with Crippen LogP contribution in [0, 0.1) is 12.8 Å². The lowest BCUT2D eigenvalue weighted by Crippen LogP contribution is -2.31. The van der Waals surface area contributed by atoms with Crippen LogP contribution in [0.25, 0.3) is 0 Å². The molecule has 1 fully saturated rings. The van der Waals surface area contributed by atoms with Gasteiger partial charge >= 0.3 is 5.97 Å². The number of nitrogens with one attached hydrogen (secondary N) is 1. The van der Waals surface area contributed by atoms with E-state index in [9.17, 15) is 14.7 Å². The number of rotatable bonds is 6. The van der Waals surface area contributed by atoms with Crippen molar-refractivity contribution in [1.29, 1.82) is 0 Å². The summed E-state index contributed by atoms with van der Waals surface area (Å²) < 4.78 is 10.8. The van der Waals surface area contributed by atoms with Crippen molar-refractivity contribution in [3.63, 3.8) is 0 Å². The van der Waals surface area contributed by atoms with E-state index in [-0.39, 0.29) is 25.4 Å². The topological polar surface area (TPSA) is 118 Å². The summed E-state index contributed by atoms with van der Waals surface area (Å²) in [5.74, 6) is -0.239. The molecule has 9 nitrogen and oxygen atoms in total. The Morgan fingerprint density at radius 3 is 2.67 bits per heavy atom. The largest absolute Gasteiger partial charge is 0.493 e. The number of amides is 1. The van der Waals surface area contributed by atoms with Gasteiger partial charge in [0.05, 0.1) is 26.6 Å². The van der Waals surface area contributed by atoms with E-state index in [1.165, 1.54) is 14.2 Å². The van der Waals surface area contributed by atoms with E-state index >= 15 is 0 Å². The molecule has 144 valence electrons. The average Bonchev–Trinajstić information content (AvgIpc) is 3.27. The number of carbonyl (C=O) groups excluding carboxylic acids is 1. The van der Waals surface area contributed by atoms with Crippen LogP contribution in [0.4, 0.5) is 0 Å². The zero-order valence-corrected chi connectivity index (χ0v) is 15.4. The normalized spacial score (nSPS) is 19.1. The molecule has 0 saturated carbocycles. The zero-order chi connectivity index (χ0) is 19.6. The molecule has 2 atom stereocenters. The third kappa shape index (κ3) is 3.71. The van der Waals surface area contributed by atoms with Crippen molar-refractivity contribution in [2.45, 2.75) is 19.3 Å². The highest BCUT2D eigenvalue weighted by molar-refractivity contribution is 5.81. The van der Waals surface area contributed by atoms with Crippen LogP contribution in [0.1, 0.15) is 23.1 Å². The lowest BCUT2D eigenvalue weighted by atomic mass is 9.88. The van der Waals surface area contributed by atoms with E-state index in [4.69, 9.17) is 9.47 Å². The molecule has 0 spiro atoms. The van der Waals surface area contributed by atoms with Crippen molar-refractivity contribution in [2.75, 3.05) is 27.3 Å². The average molecular weight is 374 g/mol. The van der Waals surface area contributed by atoms with Gasteiger partial charge in [0, 0.05) is 24.6 Å². The Morgan fingerprint density at radius 2 is 2.07 bits per heavy atom. The molecule has 0 unspecified atom stereocenters. The van der Waals surface area contributed by atoms with Crippen molar-refractivity contribution in [3.8, 4) is 11.5 Å². The number of carbonyl (C=O) groups is 2. The molecule has 2 aromatic rings. The molecule has 0 radical (unpaired) electrons. The Labute approximate surface area is 156 Å². The maximum Gasteiger partial charge on any atom is 0.308 e. The van der Waals surface area contributed by atoms with Gasteiger partial charge in [-0.3, -0.25) is 14.7 Å². The summed E-state index contributed by atoms with van der Waals surface area (Å²) in [5, 5.41) is 16.4. The molecule has 9 heteroatoms.